The number of nitro groups is 1. The molecule has 0 saturated carbocycles. The standard InChI is InChI=1S/C10H11NO6S/c1-10(6-16-10)7-17-18(14,15)9-4-2-8(3-5-9)11(12)13/h2-5H,6-7H2,1H3. The van der Waals surface area contributed by atoms with Crippen LogP contribution in [-0.4, -0.2) is 32.2 Å². The summed E-state index contributed by atoms with van der Waals surface area (Å²) in [6.45, 7) is 2.13. The Balaban J connectivity index is 2.11. The summed E-state index contributed by atoms with van der Waals surface area (Å²) < 4.78 is 33.3. The number of non-ortho nitro benzene ring substituents is 1. The zero-order valence-electron chi connectivity index (χ0n) is 9.53. The highest BCUT2D eigenvalue weighted by Crippen LogP contribution is 2.27. The third-order valence-electron chi connectivity index (χ3n) is 2.49. The van der Waals surface area contributed by atoms with Crippen molar-refractivity contribution in [3.8, 4) is 0 Å². The van der Waals surface area contributed by atoms with Crippen LogP contribution in [0.25, 0.3) is 0 Å². The zero-order valence-corrected chi connectivity index (χ0v) is 10.3. The smallest absolute Gasteiger partial charge is 0.297 e. The first kappa shape index (κ1) is 12.9. The quantitative estimate of drug-likeness (QED) is 0.344. The molecule has 1 atom stereocenters. The van der Waals surface area contributed by atoms with E-state index in [9.17, 15) is 18.5 Å². The Kier molecular flexibility index (Phi) is 3.09. The van der Waals surface area contributed by atoms with Crippen molar-refractivity contribution in [3.63, 3.8) is 0 Å². The number of hydrogen-bond acceptors (Lipinski definition) is 6. The molecule has 0 radical (unpaired) electrons. The molecule has 98 valence electrons. The van der Waals surface area contributed by atoms with Gasteiger partial charge in [0.1, 0.15) is 5.60 Å². The van der Waals surface area contributed by atoms with Crippen LogP contribution < -0.4 is 0 Å². The van der Waals surface area contributed by atoms with E-state index in [0.717, 1.165) is 24.3 Å². The van der Waals surface area contributed by atoms with Crippen molar-refractivity contribution in [2.24, 2.45) is 0 Å². The minimum absolute atomic E-state index is 0.0632. The van der Waals surface area contributed by atoms with Gasteiger partial charge in [-0.05, 0) is 19.1 Å². The van der Waals surface area contributed by atoms with Crippen LogP contribution in [0.2, 0.25) is 0 Å². The molecule has 2 rings (SSSR count). The molecule has 0 bridgehead atoms. The zero-order chi connectivity index (χ0) is 13.4. The lowest BCUT2D eigenvalue weighted by Gasteiger charge is -2.07. The average molecular weight is 273 g/mol. The van der Waals surface area contributed by atoms with Gasteiger partial charge in [-0.1, -0.05) is 0 Å². The first-order valence-corrected chi connectivity index (χ1v) is 6.51. The van der Waals surface area contributed by atoms with E-state index in [2.05, 4.69) is 0 Å². The Hall–Kier alpha value is -1.51. The van der Waals surface area contributed by atoms with Crippen LogP contribution in [0, 0.1) is 10.1 Å². The van der Waals surface area contributed by atoms with Gasteiger partial charge in [0.2, 0.25) is 0 Å². The largest absolute Gasteiger partial charge is 0.367 e. The minimum atomic E-state index is -3.90. The van der Waals surface area contributed by atoms with Gasteiger partial charge >= 0.3 is 0 Å². The molecule has 0 spiro atoms. The molecule has 8 heteroatoms. The van der Waals surface area contributed by atoms with E-state index in [-0.39, 0.29) is 17.2 Å². The lowest BCUT2D eigenvalue weighted by Crippen LogP contribution is -2.18. The van der Waals surface area contributed by atoms with Crippen LogP contribution >= 0.6 is 0 Å². The summed E-state index contributed by atoms with van der Waals surface area (Å²) in [4.78, 5) is 9.72. The first-order valence-electron chi connectivity index (χ1n) is 5.10. The Morgan fingerprint density at radius 2 is 2.00 bits per heavy atom. The van der Waals surface area contributed by atoms with Crippen molar-refractivity contribution in [3.05, 3.63) is 34.4 Å². The molecule has 1 aliphatic rings. The van der Waals surface area contributed by atoms with Crippen LogP contribution in [-0.2, 0) is 19.0 Å². The highest BCUT2D eigenvalue weighted by molar-refractivity contribution is 7.86. The predicted octanol–water partition coefficient (Wildman–Crippen LogP) is 1.09. The van der Waals surface area contributed by atoms with Crippen molar-refractivity contribution in [1.82, 2.24) is 0 Å². The number of hydrogen-bond donors (Lipinski definition) is 0. The van der Waals surface area contributed by atoms with Crippen LogP contribution in [0.4, 0.5) is 5.69 Å². The number of rotatable bonds is 5. The van der Waals surface area contributed by atoms with Gasteiger partial charge in [-0.15, -0.1) is 0 Å². The fraction of sp³-hybridized carbons (Fsp3) is 0.400. The Bertz CT molecular complexity index is 561. The Labute approximate surface area is 104 Å². The lowest BCUT2D eigenvalue weighted by atomic mass is 10.2. The SMILES string of the molecule is CC1(COS(=O)(=O)c2ccc([N+](=O)[O-])cc2)CO1. The third kappa shape index (κ3) is 2.84. The van der Waals surface area contributed by atoms with Gasteiger partial charge < -0.3 is 4.74 Å². The maximum Gasteiger partial charge on any atom is 0.297 e. The van der Waals surface area contributed by atoms with Crippen molar-refractivity contribution < 1.29 is 22.3 Å². The summed E-state index contributed by atoms with van der Waals surface area (Å²) in [7, 11) is -3.90. The van der Waals surface area contributed by atoms with E-state index in [1.165, 1.54) is 0 Å². The second kappa shape index (κ2) is 4.30. The molecule has 7 nitrogen and oxygen atoms in total. The number of epoxide rings is 1. The highest BCUT2D eigenvalue weighted by atomic mass is 32.2. The molecule has 1 saturated heterocycles. The van der Waals surface area contributed by atoms with Gasteiger partial charge in [-0.2, -0.15) is 8.42 Å². The maximum absolute atomic E-state index is 11.7. The predicted molar refractivity (Wildman–Crippen MR) is 60.6 cm³/mol. The van der Waals surface area contributed by atoms with Crippen LogP contribution in [0.5, 0.6) is 0 Å². The molecular weight excluding hydrogens is 262 g/mol. The van der Waals surface area contributed by atoms with E-state index in [0.29, 0.717) is 6.61 Å². The molecule has 0 aliphatic carbocycles. The summed E-state index contributed by atoms with van der Waals surface area (Å²) in [5, 5.41) is 10.4. The van der Waals surface area contributed by atoms with Gasteiger partial charge in [0.15, 0.2) is 0 Å². The average Bonchev–Trinajstić information content (AvgIpc) is 3.06. The summed E-state index contributed by atoms with van der Waals surface area (Å²) >= 11 is 0. The molecule has 1 fully saturated rings. The number of benzene rings is 1. The maximum atomic E-state index is 11.7. The highest BCUT2D eigenvalue weighted by Gasteiger charge is 2.41. The molecule has 1 unspecified atom stereocenters. The second-order valence-electron chi connectivity index (χ2n) is 4.21. The summed E-state index contributed by atoms with van der Waals surface area (Å²) in [5.41, 5.74) is -0.708. The van der Waals surface area contributed by atoms with E-state index in [1.54, 1.807) is 6.92 Å². The summed E-state index contributed by atoms with van der Waals surface area (Å²) in [6.07, 6.45) is 0. The summed E-state index contributed by atoms with van der Waals surface area (Å²) in [5.74, 6) is 0. The summed E-state index contributed by atoms with van der Waals surface area (Å²) in [6, 6.07) is 4.52. The molecule has 0 aromatic heterocycles. The normalized spacial score (nSPS) is 22.7. The number of nitro benzene ring substituents is 1. The lowest BCUT2D eigenvalue weighted by molar-refractivity contribution is -0.384. The molecule has 1 aromatic rings. The number of ether oxygens (including phenoxy) is 1. The van der Waals surface area contributed by atoms with Crippen LogP contribution in [0.15, 0.2) is 29.2 Å². The van der Waals surface area contributed by atoms with Gasteiger partial charge in [-0.25, -0.2) is 0 Å². The van der Waals surface area contributed by atoms with Crippen LogP contribution in [0.3, 0.4) is 0 Å². The van der Waals surface area contributed by atoms with Gasteiger partial charge in [0.05, 0.1) is 23.0 Å². The van der Waals surface area contributed by atoms with Crippen molar-refractivity contribution in [2.45, 2.75) is 17.4 Å². The third-order valence-corrected chi connectivity index (χ3v) is 3.77. The second-order valence-corrected chi connectivity index (χ2v) is 5.82. The Morgan fingerprint density at radius 1 is 1.44 bits per heavy atom. The monoisotopic (exact) mass is 273 g/mol. The fourth-order valence-corrected chi connectivity index (χ4v) is 2.22. The van der Waals surface area contributed by atoms with E-state index in [4.69, 9.17) is 8.92 Å². The van der Waals surface area contributed by atoms with Gasteiger partial charge in [0.25, 0.3) is 15.8 Å². The first-order chi connectivity index (χ1) is 8.32. The number of nitrogens with zero attached hydrogens (tertiary/aromatic N) is 1. The fourth-order valence-electron chi connectivity index (χ4n) is 1.21. The van der Waals surface area contributed by atoms with Crippen LogP contribution in [0.1, 0.15) is 6.92 Å². The van der Waals surface area contributed by atoms with Crippen molar-refractivity contribution in [2.75, 3.05) is 13.2 Å². The molecule has 18 heavy (non-hydrogen) atoms. The molecule has 1 heterocycles. The molecule has 0 amide bonds. The van der Waals surface area contributed by atoms with E-state index < -0.39 is 20.6 Å². The molecule has 1 aliphatic heterocycles. The topological polar surface area (TPSA) is 99.0 Å². The Morgan fingerprint density at radius 3 is 2.44 bits per heavy atom. The van der Waals surface area contributed by atoms with E-state index in [1.807, 2.05) is 0 Å². The van der Waals surface area contributed by atoms with Crippen molar-refractivity contribution >= 4 is 15.8 Å². The van der Waals surface area contributed by atoms with E-state index >= 15 is 0 Å². The minimum Gasteiger partial charge on any atom is -0.367 e. The van der Waals surface area contributed by atoms with Gasteiger partial charge in [-0.3, -0.25) is 14.3 Å². The molecule has 0 N–H and O–H groups in total. The molecular formula is C10H11NO6S. The molecule has 1 aromatic carbocycles. The van der Waals surface area contributed by atoms with Gasteiger partial charge in [0, 0.05) is 12.1 Å². The van der Waals surface area contributed by atoms with Crippen molar-refractivity contribution in [1.29, 1.82) is 0 Å².